The average molecular weight is 450 g/mol. The average Bonchev–Trinajstić information content (AvgIpc) is 3.05. The number of benzene rings is 1. The summed E-state index contributed by atoms with van der Waals surface area (Å²) in [5.41, 5.74) is 1.32. The van der Waals surface area contributed by atoms with Crippen LogP contribution >= 0.6 is 0 Å². The van der Waals surface area contributed by atoms with Crippen LogP contribution < -0.4 is 0 Å². The minimum atomic E-state index is -1.18. The summed E-state index contributed by atoms with van der Waals surface area (Å²) in [5.74, 6) is -0.321. The number of nitrogens with zero attached hydrogens (tertiary/aromatic N) is 3. The number of rotatable bonds is 7. The van der Waals surface area contributed by atoms with Crippen molar-refractivity contribution in [2.45, 2.75) is 44.6 Å². The van der Waals surface area contributed by atoms with Gasteiger partial charge in [0, 0.05) is 45.4 Å². The predicted octanol–water partition coefficient (Wildman–Crippen LogP) is 2.86. The van der Waals surface area contributed by atoms with Crippen LogP contribution in [0.15, 0.2) is 48.8 Å². The molecule has 3 amide bonds. The van der Waals surface area contributed by atoms with Gasteiger partial charge in [0.25, 0.3) is 0 Å². The number of likely N-dealkylation sites (tertiary alicyclic amines) is 2. The summed E-state index contributed by atoms with van der Waals surface area (Å²) in [6.45, 7) is 4.02. The van der Waals surface area contributed by atoms with Gasteiger partial charge in [0.15, 0.2) is 0 Å². The maximum absolute atomic E-state index is 13.9. The van der Waals surface area contributed by atoms with Crippen molar-refractivity contribution < 1.29 is 19.1 Å². The van der Waals surface area contributed by atoms with Crippen molar-refractivity contribution in [3.63, 3.8) is 0 Å². The fraction of sp³-hybridized carbons (Fsp3) is 0.462. The molecule has 1 aromatic carbocycles. The van der Waals surface area contributed by atoms with Gasteiger partial charge in [-0.15, -0.1) is 0 Å². The molecule has 0 N–H and O–H groups in total. The quantitative estimate of drug-likeness (QED) is 0.608. The Hall–Kier alpha value is -3.06. The van der Waals surface area contributed by atoms with Crippen LogP contribution in [0.4, 0.5) is 0 Å². The number of methoxy groups -OCH3 is 1. The van der Waals surface area contributed by atoms with Crippen LogP contribution in [0.2, 0.25) is 0 Å². The Kier molecular flexibility index (Phi) is 6.88. The molecule has 2 fully saturated rings. The minimum Gasteiger partial charge on any atom is -0.384 e. The topological polar surface area (TPSA) is 79.8 Å². The molecule has 7 nitrogen and oxygen atoms in total. The SMILES string of the molecule is COCC1CCCN(C(=O)CC2(c3ccccc3C)CC(=O)N(Cc3ccncc3)C2=O)C1. The first-order valence-electron chi connectivity index (χ1n) is 11.5. The molecule has 2 atom stereocenters. The standard InChI is InChI=1S/C26H31N3O4/c1-19-6-3-4-8-22(19)26(14-23(30)28-13-5-7-21(16-28)18-33-2)15-24(31)29(25(26)32)17-20-9-11-27-12-10-20/h3-4,6,8-12,21H,5,7,13-18H2,1-2H3. The van der Waals surface area contributed by atoms with Crippen LogP contribution in [0, 0.1) is 12.8 Å². The number of ether oxygens (including phenoxy) is 1. The highest BCUT2D eigenvalue weighted by Gasteiger charge is 2.54. The molecule has 174 valence electrons. The number of carbonyl (C=O) groups excluding carboxylic acids is 3. The lowest BCUT2D eigenvalue weighted by Crippen LogP contribution is -2.46. The molecule has 0 radical (unpaired) electrons. The monoisotopic (exact) mass is 449 g/mol. The van der Waals surface area contributed by atoms with E-state index in [1.165, 1.54) is 4.90 Å². The second-order valence-corrected chi connectivity index (χ2v) is 9.19. The van der Waals surface area contributed by atoms with E-state index in [1.807, 2.05) is 36.1 Å². The first-order valence-corrected chi connectivity index (χ1v) is 11.5. The lowest BCUT2D eigenvalue weighted by molar-refractivity contribution is -0.143. The third kappa shape index (κ3) is 4.69. The van der Waals surface area contributed by atoms with Gasteiger partial charge in [-0.1, -0.05) is 24.3 Å². The Balaban J connectivity index is 1.64. The highest BCUT2D eigenvalue weighted by Crippen LogP contribution is 2.42. The number of pyridine rings is 1. The fourth-order valence-electron chi connectivity index (χ4n) is 5.22. The predicted molar refractivity (Wildman–Crippen MR) is 123 cm³/mol. The van der Waals surface area contributed by atoms with Gasteiger partial charge >= 0.3 is 0 Å². The zero-order valence-electron chi connectivity index (χ0n) is 19.3. The smallest absolute Gasteiger partial charge is 0.241 e. The second kappa shape index (κ2) is 9.83. The van der Waals surface area contributed by atoms with Gasteiger partial charge in [-0.2, -0.15) is 0 Å². The first kappa shape index (κ1) is 23.1. The van der Waals surface area contributed by atoms with Crippen molar-refractivity contribution in [1.29, 1.82) is 0 Å². The lowest BCUT2D eigenvalue weighted by atomic mass is 9.73. The Morgan fingerprint density at radius 1 is 1.18 bits per heavy atom. The minimum absolute atomic E-state index is 0.00283. The summed E-state index contributed by atoms with van der Waals surface area (Å²) >= 11 is 0. The molecule has 3 heterocycles. The summed E-state index contributed by atoms with van der Waals surface area (Å²) in [7, 11) is 1.67. The molecule has 0 aliphatic carbocycles. The molecule has 1 aromatic heterocycles. The van der Waals surface area contributed by atoms with E-state index in [1.54, 1.807) is 31.6 Å². The van der Waals surface area contributed by atoms with Crippen molar-refractivity contribution >= 4 is 17.7 Å². The van der Waals surface area contributed by atoms with Crippen LogP contribution in [0.1, 0.15) is 42.4 Å². The van der Waals surface area contributed by atoms with Crippen LogP contribution in [-0.4, -0.2) is 59.3 Å². The van der Waals surface area contributed by atoms with E-state index >= 15 is 0 Å². The summed E-state index contributed by atoms with van der Waals surface area (Å²) in [6.07, 6.45) is 5.23. The Morgan fingerprint density at radius 3 is 2.67 bits per heavy atom. The van der Waals surface area contributed by atoms with E-state index in [0.717, 1.165) is 29.5 Å². The third-order valence-electron chi connectivity index (χ3n) is 6.89. The van der Waals surface area contributed by atoms with Gasteiger partial charge in [0.1, 0.15) is 0 Å². The number of hydrogen-bond acceptors (Lipinski definition) is 5. The third-order valence-corrected chi connectivity index (χ3v) is 6.89. The highest BCUT2D eigenvalue weighted by atomic mass is 16.5. The molecule has 2 aromatic rings. The molecule has 2 saturated heterocycles. The largest absolute Gasteiger partial charge is 0.384 e. The highest BCUT2D eigenvalue weighted by molar-refractivity contribution is 6.10. The van der Waals surface area contributed by atoms with Gasteiger partial charge in [-0.3, -0.25) is 24.3 Å². The second-order valence-electron chi connectivity index (χ2n) is 9.19. The molecular formula is C26H31N3O4. The molecule has 2 aliphatic rings. The molecule has 0 bridgehead atoms. The van der Waals surface area contributed by atoms with Crippen LogP contribution in [-0.2, 0) is 31.1 Å². The van der Waals surface area contributed by atoms with E-state index in [0.29, 0.717) is 25.6 Å². The zero-order valence-corrected chi connectivity index (χ0v) is 19.3. The summed E-state index contributed by atoms with van der Waals surface area (Å²) in [6, 6.07) is 11.2. The number of hydrogen-bond donors (Lipinski definition) is 0. The summed E-state index contributed by atoms with van der Waals surface area (Å²) < 4.78 is 5.30. The van der Waals surface area contributed by atoms with E-state index in [-0.39, 0.29) is 37.1 Å². The summed E-state index contributed by atoms with van der Waals surface area (Å²) in [4.78, 5) is 47.7. The molecule has 7 heteroatoms. The number of carbonyl (C=O) groups is 3. The molecule has 33 heavy (non-hydrogen) atoms. The van der Waals surface area contributed by atoms with Gasteiger partial charge in [0.2, 0.25) is 17.7 Å². The lowest BCUT2D eigenvalue weighted by Gasteiger charge is -2.35. The Morgan fingerprint density at radius 2 is 1.94 bits per heavy atom. The van der Waals surface area contributed by atoms with Crippen molar-refractivity contribution in [3.8, 4) is 0 Å². The molecule has 4 rings (SSSR count). The fourth-order valence-corrected chi connectivity index (χ4v) is 5.22. The molecule has 0 spiro atoms. The van der Waals surface area contributed by atoms with E-state index < -0.39 is 5.41 Å². The van der Waals surface area contributed by atoms with Crippen LogP contribution in [0.3, 0.4) is 0 Å². The van der Waals surface area contributed by atoms with Gasteiger partial charge in [-0.05, 0) is 54.5 Å². The zero-order chi connectivity index (χ0) is 23.4. The molecular weight excluding hydrogens is 418 g/mol. The van der Waals surface area contributed by atoms with Crippen molar-refractivity contribution in [2.75, 3.05) is 26.8 Å². The number of piperidine rings is 1. The Labute approximate surface area is 194 Å². The van der Waals surface area contributed by atoms with E-state index in [9.17, 15) is 14.4 Å². The first-order chi connectivity index (χ1) is 15.9. The van der Waals surface area contributed by atoms with Crippen molar-refractivity contribution in [3.05, 3.63) is 65.5 Å². The number of aryl methyl sites for hydroxylation is 1. The van der Waals surface area contributed by atoms with Gasteiger partial charge in [0.05, 0.1) is 18.6 Å². The van der Waals surface area contributed by atoms with Gasteiger partial charge < -0.3 is 9.64 Å². The summed E-state index contributed by atoms with van der Waals surface area (Å²) in [5, 5.41) is 0. The van der Waals surface area contributed by atoms with Crippen molar-refractivity contribution in [1.82, 2.24) is 14.8 Å². The molecule has 2 unspecified atom stereocenters. The number of imide groups is 1. The number of amides is 3. The van der Waals surface area contributed by atoms with E-state index in [2.05, 4.69) is 4.98 Å². The Bertz CT molecular complexity index is 1020. The van der Waals surface area contributed by atoms with Crippen molar-refractivity contribution in [2.24, 2.45) is 5.92 Å². The normalized spacial score (nSPS) is 23.3. The maximum Gasteiger partial charge on any atom is 0.241 e. The van der Waals surface area contributed by atoms with Gasteiger partial charge in [-0.25, -0.2) is 0 Å². The molecule has 0 saturated carbocycles. The maximum atomic E-state index is 13.9. The van der Waals surface area contributed by atoms with Crippen LogP contribution in [0.25, 0.3) is 0 Å². The van der Waals surface area contributed by atoms with Crippen LogP contribution in [0.5, 0.6) is 0 Å². The van der Waals surface area contributed by atoms with E-state index in [4.69, 9.17) is 4.74 Å². The number of aromatic nitrogens is 1. The molecule has 2 aliphatic heterocycles.